The fourth-order valence-corrected chi connectivity index (χ4v) is 6.08. The molecule has 230 valence electrons. The molecule has 2 aromatic heterocycles. The number of carbonyl (C=O) groups is 2. The van der Waals surface area contributed by atoms with E-state index in [-0.39, 0.29) is 11.5 Å². The molecular weight excluding hydrogens is 609 g/mol. The summed E-state index contributed by atoms with van der Waals surface area (Å²) in [5, 5.41) is 23.4. The zero-order chi connectivity index (χ0) is 32.9. The van der Waals surface area contributed by atoms with Crippen LogP contribution in [0.25, 0.3) is 44.5 Å². The summed E-state index contributed by atoms with van der Waals surface area (Å²) < 4.78 is 5.31. The molecule has 8 nitrogen and oxygen atoms in total. The molecule has 0 bridgehead atoms. The number of nitriles is 1. The van der Waals surface area contributed by atoms with Gasteiger partial charge in [0.2, 0.25) is 5.91 Å². The number of fused-ring (bicyclic) bond motifs is 1. The van der Waals surface area contributed by atoms with E-state index >= 15 is 0 Å². The lowest BCUT2D eigenvalue weighted by Crippen LogP contribution is -2.22. The molecule has 1 atom stereocenters. The number of nitrogens with zero attached hydrogens (tertiary/aromatic N) is 3. The number of para-hydroxylation sites is 1. The van der Waals surface area contributed by atoms with Gasteiger partial charge >= 0.3 is 5.97 Å². The van der Waals surface area contributed by atoms with Crippen LogP contribution in [-0.4, -0.2) is 39.3 Å². The summed E-state index contributed by atoms with van der Waals surface area (Å²) in [5.74, 6) is -0.586. The number of thioether (sulfide) groups is 1. The Morgan fingerprint density at radius 1 is 0.830 bits per heavy atom. The average molecular weight is 637 g/mol. The maximum absolute atomic E-state index is 13.4. The molecule has 2 N–H and O–H groups in total. The third kappa shape index (κ3) is 6.69. The molecule has 0 radical (unpaired) electrons. The third-order valence-electron chi connectivity index (χ3n) is 7.62. The number of methoxy groups -OCH3 is 1. The second-order valence-corrected chi connectivity index (χ2v) is 12.0. The van der Waals surface area contributed by atoms with E-state index in [1.807, 2.05) is 66.7 Å². The Morgan fingerprint density at radius 2 is 1.47 bits per heavy atom. The maximum Gasteiger partial charge on any atom is 0.336 e. The van der Waals surface area contributed by atoms with Crippen LogP contribution in [0.2, 0.25) is 0 Å². The van der Waals surface area contributed by atoms with Crippen LogP contribution in [0, 0.1) is 11.3 Å². The first-order valence-corrected chi connectivity index (χ1v) is 15.6. The highest BCUT2D eigenvalue weighted by Gasteiger charge is 2.22. The van der Waals surface area contributed by atoms with E-state index in [9.17, 15) is 20.0 Å². The van der Waals surface area contributed by atoms with Gasteiger partial charge in [-0.2, -0.15) is 5.26 Å². The minimum atomic E-state index is -1.03. The quantitative estimate of drug-likeness (QED) is 0.152. The van der Waals surface area contributed by atoms with Crippen molar-refractivity contribution in [2.24, 2.45) is 0 Å². The SMILES string of the molecule is COc1ccc(-c2cc(-c3ccccc3)nc(SC(C)C(=O)Nc3ccc(-c4cc(C(=O)O)c5ccccc5n4)cc3)c2C#N)cc1. The summed E-state index contributed by atoms with van der Waals surface area (Å²) in [5.41, 5.74) is 6.06. The number of amides is 1. The van der Waals surface area contributed by atoms with E-state index in [0.29, 0.717) is 55.4 Å². The van der Waals surface area contributed by atoms with E-state index in [2.05, 4.69) is 16.4 Å². The Morgan fingerprint density at radius 3 is 2.15 bits per heavy atom. The van der Waals surface area contributed by atoms with Gasteiger partial charge in [-0.15, -0.1) is 0 Å². The van der Waals surface area contributed by atoms with Crippen LogP contribution >= 0.6 is 11.8 Å². The summed E-state index contributed by atoms with van der Waals surface area (Å²) in [6.07, 6.45) is 0. The zero-order valence-electron chi connectivity index (χ0n) is 25.5. The fraction of sp³-hybridized carbons (Fsp3) is 0.0789. The molecule has 0 aliphatic carbocycles. The molecule has 0 spiro atoms. The Bertz CT molecular complexity index is 2150. The number of ether oxygens (including phenoxy) is 1. The Kier molecular flexibility index (Phi) is 8.95. The fourth-order valence-electron chi connectivity index (χ4n) is 5.16. The molecule has 0 saturated heterocycles. The lowest BCUT2D eigenvalue weighted by molar-refractivity contribution is -0.115. The van der Waals surface area contributed by atoms with Crippen LogP contribution in [0.5, 0.6) is 5.75 Å². The predicted molar refractivity (Wildman–Crippen MR) is 184 cm³/mol. The van der Waals surface area contributed by atoms with Gasteiger partial charge in [0.1, 0.15) is 16.8 Å². The number of anilines is 1. The van der Waals surface area contributed by atoms with Gasteiger partial charge in [-0.1, -0.05) is 84.6 Å². The van der Waals surface area contributed by atoms with Crippen molar-refractivity contribution in [3.05, 3.63) is 126 Å². The molecule has 1 amide bonds. The molecule has 47 heavy (non-hydrogen) atoms. The molecule has 6 rings (SSSR count). The van der Waals surface area contributed by atoms with Crippen molar-refractivity contribution in [2.45, 2.75) is 17.2 Å². The van der Waals surface area contributed by atoms with Crippen LogP contribution in [-0.2, 0) is 4.79 Å². The van der Waals surface area contributed by atoms with E-state index in [1.54, 1.807) is 62.6 Å². The third-order valence-corrected chi connectivity index (χ3v) is 8.71. The van der Waals surface area contributed by atoms with Crippen LogP contribution < -0.4 is 10.1 Å². The van der Waals surface area contributed by atoms with Crippen molar-refractivity contribution < 1.29 is 19.4 Å². The summed E-state index contributed by atoms with van der Waals surface area (Å²) in [4.78, 5) is 34.8. The molecule has 1 unspecified atom stereocenters. The first-order chi connectivity index (χ1) is 22.8. The van der Waals surface area contributed by atoms with E-state index in [1.165, 1.54) is 11.8 Å². The van der Waals surface area contributed by atoms with Crippen molar-refractivity contribution in [3.63, 3.8) is 0 Å². The van der Waals surface area contributed by atoms with Crippen molar-refractivity contribution in [1.29, 1.82) is 5.26 Å². The van der Waals surface area contributed by atoms with Gasteiger partial charge in [-0.05, 0) is 55.0 Å². The normalized spacial score (nSPS) is 11.4. The number of carbonyl (C=O) groups excluding carboxylic acids is 1. The molecule has 2 heterocycles. The number of carboxylic acids is 1. The van der Waals surface area contributed by atoms with E-state index < -0.39 is 11.2 Å². The van der Waals surface area contributed by atoms with E-state index in [0.717, 1.165) is 11.1 Å². The van der Waals surface area contributed by atoms with E-state index in [4.69, 9.17) is 9.72 Å². The Balaban J connectivity index is 1.25. The van der Waals surface area contributed by atoms with Crippen molar-refractivity contribution in [1.82, 2.24) is 9.97 Å². The monoisotopic (exact) mass is 636 g/mol. The smallest absolute Gasteiger partial charge is 0.336 e. The van der Waals surface area contributed by atoms with Crippen molar-refractivity contribution >= 4 is 40.2 Å². The number of aromatic carboxylic acids is 1. The van der Waals surface area contributed by atoms with Gasteiger partial charge in [0, 0.05) is 27.8 Å². The summed E-state index contributed by atoms with van der Waals surface area (Å²) in [7, 11) is 1.60. The number of hydrogen-bond acceptors (Lipinski definition) is 7. The molecule has 9 heteroatoms. The summed E-state index contributed by atoms with van der Waals surface area (Å²) in [6, 6.07) is 37.1. The van der Waals surface area contributed by atoms with Crippen LogP contribution in [0.3, 0.4) is 0 Å². The first-order valence-electron chi connectivity index (χ1n) is 14.7. The summed E-state index contributed by atoms with van der Waals surface area (Å²) >= 11 is 1.22. The largest absolute Gasteiger partial charge is 0.497 e. The van der Waals surface area contributed by atoms with Crippen molar-refractivity contribution in [3.8, 4) is 45.5 Å². The van der Waals surface area contributed by atoms with Crippen LogP contribution in [0.15, 0.2) is 120 Å². The Hall–Kier alpha value is -5.98. The lowest BCUT2D eigenvalue weighted by Gasteiger charge is -2.16. The first kappa shape index (κ1) is 31.0. The van der Waals surface area contributed by atoms with Crippen LogP contribution in [0.1, 0.15) is 22.8 Å². The highest BCUT2D eigenvalue weighted by molar-refractivity contribution is 8.00. The van der Waals surface area contributed by atoms with Gasteiger partial charge in [-0.25, -0.2) is 14.8 Å². The Labute approximate surface area is 275 Å². The second-order valence-electron chi connectivity index (χ2n) is 10.6. The number of nitrogens with one attached hydrogen (secondary N) is 1. The molecule has 0 aliphatic heterocycles. The topological polar surface area (TPSA) is 125 Å². The molecule has 4 aromatic carbocycles. The van der Waals surface area contributed by atoms with Crippen LogP contribution in [0.4, 0.5) is 5.69 Å². The number of benzene rings is 4. The standard InChI is InChI=1S/C38H28N4O4S/c1-23(36(43)40-27-16-12-26(13-17-27)34-21-31(38(44)45)29-10-6-7-11-33(29)41-34)47-37-32(22-39)30(24-14-18-28(46-2)19-15-24)20-35(42-37)25-8-4-3-5-9-25/h3-21,23H,1-2H3,(H,40,43)(H,44,45). The summed E-state index contributed by atoms with van der Waals surface area (Å²) in [6.45, 7) is 1.77. The van der Waals surface area contributed by atoms with Gasteiger partial charge < -0.3 is 15.2 Å². The highest BCUT2D eigenvalue weighted by atomic mass is 32.2. The number of carboxylic acid groups (broad SMARTS) is 1. The van der Waals surface area contributed by atoms with Crippen molar-refractivity contribution in [2.75, 3.05) is 12.4 Å². The number of aromatic nitrogens is 2. The molecule has 6 aromatic rings. The van der Waals surface area contributed by atoms with Gasteiger partial charge in [-0.3, -0.25) is 4.79 Å². The average Bonchev–Trinajstić information content (AvgIpc) is 3.11. The molecule has 0 saturated carbocycles. The molecule has 0 fully saturated rings. The predicted octanol–water partition coefficient (Wildman–Crippen LogP) is 8.33. The number of rotatable bonds is 9. The second kappa shape index (κ2) is 13.6. The minimum Gasteiger partial charge on any atom is -0.497 e. The molecule has 0 aliphatic rings. The van der Waals surface area contributed by atoms with Gasteiger partial charge in [0.15, 0.2) is 0 Å². The number of hydrogen-bond donors (Lipinski definition) is 2. The molecular formula is C38H28N4O4S. The lowest BCUT2D eigenvalue weighted by atomic mass is 9.99. The number of pyridine rings is 2. The highest BCUT2D eigenvalue weighted by Crippen LogP contribution is 2.36. The minimum absolute atomic E-state index is 0.172. The van der Waals surface area contributed by atoms with Gasteiger partial charge in [0.05, 0.1) is 40.4 Å². The maximum atomic E-state index is 13.4. The van der Waals surface area contributed by atoms with Gasteiger partial charge in [0.25, 0.3) is 0 Å². The zero-order valence-corrected chi connectivity index (χ0v) is 26.3.